The molecule has 1 atom stereocenters. The zero-order valence-corrected chi connectivity index (χ0v) is 10.7. The van der Waals surface area contributed by atoms with Crippen molar-refractivity contribution in [2.45, 2.75) is 30.6 Å². The summed E-state index contributed by atoms with van der Waals surface area (Å²) in [6.45, 7) is 0. The SMILES string of the molecule is Nc1ccc(Cl)cc1S(=O)CC1CCCC1. The molecule has 0 heterocycles. The van der Waals surface area contributed by atoms with Crippen LogP contribution in [-0.4, -0.2) is 9.96 Å². The fourth-order valence-electron chi connectivity index (χ4n) is 2.19. The van der Waals surface area contributed by atoms with Crippen molar-refractivity contribution in [2.24, 2.45) is 5.92 Å². The molecule has 16 heavy (non-hydrogen) atoms. The highest BCUT2D eigenvalue weighted by atomic mass is 35.5. The van der Waals surface area contributed by atoms with Crippen LogP contribution in [0.25, 0.3) is 0 Å². The molecule has 2 N–H and O–H groups in total. The molecule has 0 aromatic heterocycles. The third-order valence-corrected chi connectivity index (χ3v) is 4.94. The molecule has 1 aromatic rings. The van der Waals surface area contributed by atoms with Gasteiger partial charge in [-0.2, -0.15) is 0 Å². The van der Waals surface area contributed by atoms with E-state index < -0.39 is 10.8 Å². The average molecular weight is 258 g/mol. The minimum Gasteiger partial charge on any atom is -0.398 e. The van der Waals surface area contributed by atoms with Gasteiger partial charge in [0.2, 0.25) is 0 Å². The Bertz CT molecular complexity index is 402. The highest BCUT2D eigenvalue weighted by molar-refractivity contribution is 7.85. The van der Waals surface area contributed by atoms with Crippen LogP contribution in [0.15, 0.2) is 23.1 Å². The van der Waals surface area contributed by atoms with Crippen LogP contribution >= 0.6 is 11.6 Å². The molecule has 1 aromatic carbocycles. The summed E-state index contributed by atoms with van der Waals surface area (Å²) in [5.74, 6) is 1.32. The van der Waals surface area contributed by atoms with Crippen LogP contribution in [0, 0.1) is 5.92 Å². The molecule has 0 bridgehead atoms. The van der Waals surface area contributed by atoms with Gasteiger partial charge in [-0.25, -0.2) is 0 Å². The molecule has 1 fully saturated rings. The Balaban J connectivity index is 2.10. The predicted molar refractivity (Wildman–Crippen MR) is 69.1 cm³/mol. The lowest BCUT2D eigenvalue weighted by atomic mass is 10.1. The average Bonchev–Trinajstić information content (AvgIpc) is 2.74. The molecule has 0 radical (unpaired) electrons. The normalized spacial score (nSPS) is 18.8. The van der Waals surface area contributed by atoms with Gasteiger partial charge in [0.25, 0.3) is 0 Å². The third-order valence-electron chi connectivity index (χ3n) is 3.08. The molecule has 0 saturated heterocycles. The van der Waals surface area contributed by atoms with E-state index in [2.05, 4.69) is 0 Å². The lowest BCUT2D eigenvalue weighted by molar-refractivity contribution is 0.604. The third kappa shape index (κ3) is 2.77. The standard InChI is InChI=1S/C12H16ClNOS/c13-10-5-6-11(14)12(7-10)16(15)8-9-3-1-2-4-9/h5-7,9H,1-4,8,14H2. The van der Waals surface area contributed by atoms with E-state index in [0.29, 0.717) is 21.5 Å². The first-order chi connectivity index (χ1) is 7.66. The fraction of sp³-hybridized carbons (Fsp3) is 0.500. The number of nitrogens with two attached hydrogens (primary N) is 1. The van der Waals surface area contributed by atoms with Gasteiger partial charge < -0.3 is 5.73 Å². The Kier molecular flexibility index (Phi) is 3.87. The summed E-state index contributed by atoms with van der Waals surface area (Å²) in [4.78, 5) is 0.694. The maximum atomic E-state index is 12.1. The first-order valence-electron chi connectivity index (χ1n) is 5.60. The summed E-state index contributed by atoms with van der Waals surface area (Å²) in [7, 11) is -1.00. The van der Waals surface area contributed by atoms with Gasteiger partial charge in [-0.1, -0.05) is 24.4 Å². The lowest BCUT2D eigenvalue weighted by Gasteiger charge is -2.10. The van der Waals surface area contributed by atoms with Crippen LogP contribution in [0.1, 0.15) is 25.7 Å². The first kappa shape index (κ1) is 11.9. The van der Waals surface area contributed by atoms with Gasteiger partial charge in [-0.3, -0.25) is 4.21 Å². The molecule has 0 amide bonds. The van der Waals surface area contributed by atoms with Crippen LogP contribution in [0.5, 0.6) is 0 Å². The van der Waals surface area contributed by atoms with E-state index >= 15 is 0 Å². The second-order valence-electron chi connectivity index (χ2n) is 4.34. The molecule has 1 unspecified atom stereocenters. The fourth-order valence-corrected chi connectivity index (χ4v) is 3.95. The van der Waals surface area contributed by atoms with Crippen molar-refractivity contribution in [3.63, 3.8) is 0 Å². The maximum Gasteiger partial charge on any atom is 0.0632 e. The van der Waals surface area contributed by atoms with Gasteiger partial charge in [0.05, 0.1) is 15.7 Å². The highest BCUT2D eigenvalue weighted by Crippen LogP contribution is 2.28. The van der Waals surface area contributed by atoms with Crippen molar-refractivity contribution in [3.05, 3.63) is 23.2 Å². The number of hydrogen-bond acceptors (Lipinski definition) is 2. The van der Waals surface area contributed by atoms with Crippen molar-refractivity contribution in [3.8, 4) is 0 Å². The van der Waals surface area contributed by atoms with Gasteiger partial charge in [-0.05, 0) is 37.0 Å². The van der Waals surface area contributed by atoms with Crippen molar-refractivity contribution in [1.29, 1.82) is 0 Å². The zero-order chi connectivity index (χ0) is 11.5. The minimum atomic E-state index is -1.00. The minimum absolute atomic E-state index is 0.584. The van der Waals surface area contributed by atoms with Gasteiger partial charge in [0.15, 0.2) is 0 Å². The molecule has 1 saturated carbocycles. The number of hydrogen-bond donors (Lipinski definition) is 1. The molecule has 1 aliphatic carbocycles. The lowest BCUT2D eigenvalue weighted by Crippen LogP contribution is -2.09. The van der Waals surface area contributed by atoms with Gasteiger partial charge in [0, 0.05) is 16.5 Å². The van der Waals surface area contributed by atoms with Crippen LogP contribution in [0.4, 0.5) is 5.69 Å². The number of anilines is 1. The van der Waals surface area contributed by atoms with Crippen LogP contribution in [0.3, 0.4) is 0 Å². The van der Waals surface area contributed by atoms with E-state index in [1.807, 2.05) is 0 Å². The van der Waals surface area contributed by atoms with Crippen molar-refractivity contribution < 1.29 is 4.21 Å². The molecule has 1 aliphatic rings. The van der Waals surface area contributed by atoms with Gasteiger partial charge in [0.1, 0.15) is 0 Å². The summed E-state index contributed by atoms with van der Waals surface area (Å²) in [6, 6.07) is 5.18. The molecular formula is C12H16ClNOS. The smallest absolute Gasteiger partial charge is 0.0632 e. The summed E-state index contributed by atoms with van der Waals surface area (Å²) in [5.41, 5.74) is 6.40. The van der Waals surface area contributed by atoms with Crippen LogP contribution in [0.2, 0.25) is 5.02 Å². The molecule has 2 rings (SSSR count). The molecule has 0 spiro atoms. The molecule has 0 aliphatic heterocycles. The maximum absolute atomic E-state index is 12.1. The summed E-state index contributed by atoms with van der Waals surface area (Å²) >= 11 is 5.89. The van der Waals surface area contributed by atoms with Crippen molar-refractivity contribution in [1.82, 2.24) is 0 Å². The molecule has 2 nitrogen and oxygen atoms in total. The number of halogens is 1. The van der Waals surface area contributed by atoms with E-state index in [9.17, 15) is 4.21 Å². The summed E-state index contributed by atoms with van der Waals surface area (Å²) < 4.78 is 12.1. The Morgan fingerprint density at radius 1 is 1.38 bits per heavy atom. The topological polar surface area (TPSA) is 43.1 Å². The number of nitrogen functional groups attached to an aromatic ring is 1. The summed E-state index contributed by atoms with van der Waals surface area (Å²) in [5, 5.41) is 0.601. The Morgan fingerprint density at radius 2 is 2.06 bits per heavy atom. The Labute approximate surface area is 104 Å². The molecule has 4 heteroatoms. The second-order valence-corrected chi connectivity index (χ2v) is 6.25. The van der Waals surface area contributed by atoms with E-state index in [4.69, 9.17) is 17.3 Å². The number of benzene rings is 1. The Hall–Kier alpha value is -0.540. The van der Waals surface area contributed by atoms with Gasteiger partial charge in [-0.15, -0.1) is 0 Å². The monoisotopic (exact) mass is 257 g/mol. The number of rotatable bonds is 3. The van der Waals surface area contributed by atoms with E-state index in [0.717, 1.165) is 5.75 Å². The van der Waals surface area contributed by atoms with Crippen LogP contribution < -0.4 is 5.73 Å². The zero-order valence-electron chi connectivity index (χ0n) is 9.12. The van der Waals surface area contributed by atoms with Crippen molar-refractivity contribution >= 4 is 28.1 Å². The highest BCUT2D eigenvalue weighted by Gasteiger charge is 2.19. The largest absolute Gasteiger partial charge is 0.398 e. The predicted octanol–water partition coefficient (Wildman–Crippen LogP) is 3.22. The first-order valence-corrected chi connectivity index (χ1v) is 7.30. The van der Waals surface area contributed by atoms with Gasteiger partial charge >= 0.3 is 0 Å². The van der Waals surface area contributed by atoms with Crippen LogP contribution in [-0.2, 0) is 10.8 Å². The quantitative estimate of drug-likeness (QED) is 0.845. The molecular weight excluding hydrogens is 242 g/mol. The Morgan fingerprint density at radius 3 is 2.75 bits per heavy atom. The molecule has 88 valence electrons. The van der Waals surface area contributed by atoms with E-state index in [1.54, 1.807) is 18.2 Å². The van der Waals surface area contributed by atoms with E-state index in [1.165, 1.54) is 25.7 Å². The van der Waals surface area contributed by atoms with E-state index in [-0.39, 0.29) is 0 Å². The summed E-state index contributed by atoms with van der Waals surface area (Å²) in [6.07, 6.45) is 4.94. The second kappa shape index (κ2) is 5.19. The van der Waals surface area contributed by atoms with Crippen molar-refractivity contribution in [2.75, 3.05) is 11.5 Å².